The van der Waals surface area contributed by atoms with Crippen molar-refractivity contribution in [3.05, 3.63) is 13.2 Å². The predicted molar refractivity (Wildman–Crippen MR) is 28.2 cm³/mol. The Bertz CT molecular complexity index is 65.3. The van der Waals surface area contributed by atoms with E-state index in [1.54, 1.807) is 0 Å². The van der Waals surface area contributed by atoms with Gasteiger partial charge in [0.15, 0.2) is 0 Å². The van der Waals surface area contributed by atoms with Gasteiger partial charge in [0.05, 0.1) is 0 Å². The zero-order valence-corrected chi connectivity index (χ0v) is 9.92. The van der Waals surface area contributed by atoms with Crippen molar-refractivity contribution in [1.82, 2.24) is 0 Å². The Morgan fingerprint density at radius 1 is 1.44 bits per heavy atom. The predicted octanol–water partition coefficient (Wildman–Crippen LogP) is -5.90. The molecule has 9 heavy (non-hydrogen) atoms. The van der Waals surface area contributed by atoms with E-state index in [0.29, 0.717) is 0 Å². The third-order valence-electron chi connectivity index (χ3n) is 0.135. The zero-order valence-electron chi connectivity index (χ0n) is 7.92. The van der Waals surface area contributed by atoms with Crippen molar-refractivity contribution in [3.63, 3.8) is 0 Å². The molecule has 0 aromatic rings. The van der Waals surface area contributed by atoms with Crippen LogP contribution in [0.5, 0.6) is 0 Å². The van der Waals surface area contributed by atoms with E-state index in [9.17, 15) is 0 Å². The SMILES string of the molecule is C=C.O=C(O)CO.[H-].[H-].[Na+].[Na+]. The Kier molecular flexibility index (Phi) is 57.2. The molecule has 0 spiro atoms. The molecule has 0 rings (SSSR count). The fourth-order valence-corrected chi connectivity index (χ4v) is 0. The van der Waals surface area contributed by atoms with E-state index in [0.717, 1.165) is 0 Å². The van der Waals surface area contributed by atoms with Crippen LogP contribution < -0.4 is 59.1 Å². The van der Waals surface area contributed by atoms with Gasteiger partial charge in [-0.1, -0.05) is 0 Å². The Balaban J connectivity index is -0.00000000972. The van der Waals surface area contributed by atoms with Gasteiger partial charge in [0.1, 0.15) is 6.61 Å². The molecule has 0 aromatic carbocycles. The fourth-order valence-electron chi connectivity index (χ4n) is 0. The van der Waals surface area contributed by atoms with E-state index in [1.807, 2.05) is 0 Å². The Morgan fingerprint density at radius 2 is 1.56 bits per heavy atom. The summed E-state index contributed by atoms with van der Waals surface area (Å²) in [4.78, 5) is 9.12. The van der Waals surface area contributed by atoms with Crippen molar-refractivity contribution in [2.24, 2.45) is 0 Å². The van der Waals surface area contributed by atoms with Crippen LogP contribution in [-0.2, 0) is 4.79 Å². The number of carbonyl (C=O) groups is 1. The normalized spacial score (nSPS) is 4.56. The fraction of sp³-hybridized carbons (Fsp3) is 0.250. The van der Waals surface area contributed by atoms with E-state index in [1.165, 1.54) is 0 Å². The maximum atomic E-state index is 9.12. The van der Waals surface area contributed by atoms with Crippen LogP contribution in [0.4, 0.5) is 0 Å². The van der Waals surface area contributed by atoms with Crippen LogP contribution in [0.15, 0.2) is 13.2 Å². The Hall–Kier alpha value is 1.17. The smallest absolute Gasteiger partial charge is 1.00 e. The van der Waals surface area contributed by atoms with Crippen molar-refractivity contribution in [3.8, 4) is 0 Å². The Labute approximate surface area is 102 Å². The van der Waals surface area contributed by atoms with Gasteiger partial charge in [0, 0.05) is 0 Å². The zero-order chi connectivity index (χ0) is 6.28. The molecule has 0 saturated carbocycles. The first-order valence-electron chi connectivity index (χ1n) is 1.60. The first-order chi connectivity index (χ1) is 3.27. The van der Waals surface area contributed by atoms with E-state index in [4.69, 9.17) is 15.0 Å². The molecule has 0 radical (unpaired) electrons. The molecule has 5 heteroatoms. The first kappa shape index (κ1) is 22.5. The molecule has 3 nitrogen and oxygen atoms in total. The summed E-state index contributed by atoms with van der Waals surface area (Å²) in [5.41, 5.74) is 0. The van der Waals surface area contributed by atoms with Gasteiger partial charge in [-0.05, 0) is 0 Å². The van der Waals surface area contributed by atoms with Crippen molar-refractivity contribution in [2.75, 3.05) is 6.61 Å². The molecule has 2 N–H and O–H groups in total. The molecule has 0 amide bonds. The van der Waals surface area contributed by atoms with Crippen LogP contribution in [0.2, 0.25) is 0 Å². The van der Waals surface area contributed by atoms with Crippen molar-refractivity contribution in [1.29, 1.82) is 0 Å². The van der Waals surface area contributed by atoms with Gasteiger partial charge < -0.3 is 13.1 Å². The molecule has 0 aliphatic heterocycles. The van der Waals surface area contributed by atoms with Gasteiger partial charge in [-0.3, -0.25) is 0 Å². The van der Waals surface area contributed by atoms with E-state index < -0.39 is 12.6 Å². The third kappa shape index (κ3) is 46.9. The first-order valence-corrected chi connectivity index (χ1v) is 1.60. The number of carboxylic acids is 1. The molecule has 0 heterocycles. The summed E-state index contributed by atoms with van der Waals surface area (Å²) in [5, 5.41) is 15.0. The van der Waals surface area contributed by atoms with Crippen LogP contribution >= 0.6 is 0 Å². The van der Waals surface area contributed by atoms with Gasteiger partial charge in [-0.15, -0.1) is 13.2 Å². The minimum Gasteiger partial charge on any atom is -1.00 e. The number of aliphatic hydroxyl groups is 1. The number of aliphatic hydroxyl groups excluding tert-OH is 1. The molecule has 0 atom stereocenters. The summed E-state index contributed by atoms with van der Waals surface area (Å²) in [6, 6.07) is 0. The molecule has 0 aliphatic rings. The third-order valence-corrected chi connectivity index (χ3v) is 0.135. The molecule has 0 aromatic heterocycles. The molecule has 46 valence electrons. The summed E-state index contributed by atoms with van der Waals surface area (Å²) >= 11 is 0. The van der Waals surface area contributed by atoms with Crippen LogP contribution in [0, 0.1) is 0 Å². The summed E-state index contributed by atoms with van der Waals surface area (Å²) in [6.07, 6.45) is 0. The minimum absolute atomic E-state index is 0. The van der Waals surface area contributed by atoms with E-state index in [-0.39, 0.29) is 62.0 Å². The number of hydrogen-bond donors (Lipinski definition) is 2. The standard InChI is InChI=1S/C2H4O3.C2H4.2Na.2H/c3-1-2(4)5;1-2;;;;/h3H,1H2,(H,4,5);1-2H2;;;;/q;;2*+1;2*-1. The molecular weight excluding hydrogens is 142 g/mol. The van der Waals surface area contributed by atoms with Gasteiger partial charge >= 0.3 is 65.1 Å². The van der Waals surface area contributed by atoms with Gasteiger partial charge in [0.25, 0.3) is 0 Å². The maximum absolute atomic E-state index is 9.12. The Morgan fingerprint density at radius 3 is 1.56 bits per heavy atom. The average molecular weight is 152 g/mol. The molecule has 0 saturated heterocycles. The number of rotatable bonds is 1. The minimum atomic E-state index is -1.19. The van der Waals surface area contributed by atoms with Crippen LogP contribution in [0.25, 0.3) is 0 Å². The topological polar surface area (TPSA) is 57.5 Å². The van der Waals surface area contributed by atoms with Gasteiger partial charge in [-0.25, -0.2) is 4.79 Å². The van der Waals surface area contributed by atoms with Crippen LogP contribution in [0.1, 0.15) is 2.85 Å². The van der Waals surface area contributed by atoms with Crippen LogP contribution in [0.3, 0.4) is 0 Å². The van der Waals surface area contributed by atoms with E-state index >= 15 is 0 Å². The largest absolute Gasteiger partial charge is 1.00 e. The number of carboxylic acid groups (broad SMARTS) is 1. The molecular formula is C4H10Na2O3. The molecule has 0 fully saturated rings. The second-order valence-electron chi connectivity index (χ2n) is 0.552. The summed E-state index contributed by atoms with van der Waals surface area (Å²) in [6.45, 7) is 5.22. The van der Waals surface area contributed by atoms with Crippen molar-refractivity contribution < 1.29 is 77.0 Å². The van der Waals surface area contributed by atoms with Crippen LogP contribution in [-0.4, -0.2) is 22.8 Å². The second-order valence-corrected chi connectivity index (χ2v) is 0.552. The molecule has 0 aliphatic carbocycles. The number of aliphatic carboxylic acids is 1. The van der Waals surface area contributed by atoms with Crippen molar-refractivity contribution in [2.45, 2.75) is 0 Å². The molecule has 0 bridgehead atoms. The average Bonchev–Trinajstić information content (AvgIpc) is 1.73. The van der Waals surface area contributed by atoms with Gasteiger partial charge in [0.2, 0.25) is 0 Å². The second kappa shape index (κ2) is 22.9. The summed E-state index contributed by atoms with van der Waals surface area (Å²) < 4.78 is 0. The summed E-state index contributed by atoms with van der Waals surface area (Å²) in [5.74, 6) is -1.19. The molecule has 0 unspecified atom stereocenters. The van der Waals surface area contributed by atoms with Gasteiger partial charge in [-0.2, -0.15) is 0 Å². The van der Waals surface area contributed by atoms with E-state index in [2.05, 4.69) is 13.2 Å². The maximum Gasteiger partial charge on any atom is 1.00 e. The van der Waals surface area contributed by atoms with Crippen molar-refractivity contribution >= 4 is 5.97 Å². The summed E-state index contributed by atoms with van der Waals surface area (Å²) in [7, 11) is 0. The number of hydrogen-bond acceptors (Lipinski definition) is 2. The quantitative estimate of drug-likeness (QED) is 0.290. The monoisotopic (exact) mass is 152 g/mol.